The zero-order chi connectivity index (χ0) is 19.7. The Labute approximate surface area is 167 Å². The summed E-state index contributed by atoms with van der Waals surface area (Å²) in [6.07, 6.45) is 11.0. The molecule has 0 aliphatic heterocycles. The molecule has 1 aromatic rings. The Hall–Kier alpha value is -1.25. The third-order valence-electron chi connectivity index (χ3n) is 7.83. The van der Waals surface area contributed by atoms with E-state index in [1.54, 1.807) is 0 Å². The van der Waals surface area contributed by atoms with E-state index < -0.39 is 6.08 Å². The van der Waals surface area contributed by atoms with Crippen LogP contribution in [0, 0.1) is 29.5 Å². The number of hydrogen-bond donors (Lipinski definition) is 0. The Morgan fingerprint density at radius 2 is 1.82 bits per heavy atom. The standard InChI is InChI=1S/C25H33F3/c1-2-3-16-5-10-22-20(12-16)9-11-23(25(22)28)21-8-7-18-13-17(14-24(26)27)4-6-19(18)15-21/h9,11,14,16-19,21H,2-8,10,12-13,15H2,1H3. The first kappa shape index (κ1) is 20.0. The van der Waals surface area contributed by atoms with Crippen molar-refractivity contribution < 1.29 is 13.2 Å². The van der Waals surface area contributed by atoms with Crippen molar-refractivity contribution in [3.63, 3.8) is 0 Å². The summed E-state index contributed by atoms with van der Waals surface area (Å²) in [5.41, 5.74) is 3.15. The van der Waals surface area contributed by atoms with Crippen LogP contribution < -0.4 is 0 Å². The molecule has 5 unspecified atom stereocenters. The SMILES string of the molecule is CCCC1CCc2c(ccc(C3CCC4CC(C=C(F)F)CCC4C3)c2F)C1. The van der Waals surface area contributed by atoms with Gasteiger partial charge in [-0.05, 0) is 110 Å². The van der Waals surface area contributed by atoms with E-state index in [0.29, 0.717) is 17.8 Å². The first-order valence-corrected chi connectivity index (χ1v) is 11.4. The molecule has 0 N–H and O–H groups in total. The van der Waals surface area contributed by atoms with Gasteiger partial charge in [0, 0.05) is 0 Å². The number of hydrogen-bond acceptors (Lipinski definition) is 0. The summed E-state index contributed by atoms with van der Waals surface area (Å²) in [6, 6.07) is 4.27. The molecule has 5 atom stereocenters. The lowest BCUT2D eigenvalue weighted by atomic mass is 9.63. The first-order valence-electron chi connectivity index (χ1n) is 11.4. The van der Waals surface area contributed by atoms with E-state index in [-0.39, 0.29) is 11.7 Å². The van der Waals surface area contributed by atoms with Crippen molar-refractivity contribution in [2.45, 2.75) is 83.5 Å². The average Bonchev–Trinajstić information content (AvgIpc) is 2.68. The topological polar surface area (TPSA) is 0 Å². The second kappa shape index (κ2) is 8.63. The smallest absolute Gasteiger partial charge is 0.206 e. The Kier molecular flexibility index (Phi) is 6.18. The van der Waals surface area contributed by atoms with Gasteiger partial charge in [-0.2, -0.15) is 8.78 Å². The van der Waals surface area contributed by atoms with Gasteiger partial charge in [0.1, 0.15) is 5.82 Å². The van der Waals surface area contributed by atoms with Crippen LogP contribution in [0.5, 0.6) is 0 Å². The molecule has 0 saturated heterocycles. The molecule has 2 fully saturated rings. The summed E-state index contributed by atoms with van der Waals surface area (Å²) in [7, 11) is 0. The fraction of sp³-hybridized carbons (Fsp3) is 0.680. The van der Waals surface area contributed by atoms with Crippen LogP contribution in [-0.4, -0.2) is 0 Å². The van der Waals surface area contributed by atoms with Gasteiger partial charge in [-0.3, -0.25) is 0 Å². The van der Waals surface area contributed by atoms with Gasteiger partial charge in [0.2, 0.25) is 0 Å². The van der Waals surface area contributed by atoms with Crippen LogP contribution in [-0.2, 0) is 12.8 Å². The van der Waals surface area contributed by atoms with Crippen molar-refractivity contribution in [1.82, 2.24) is 0 Å². The molecule has 0 spiro atoms. The van der Waals surface area contributed by atoms with Gasteiger partial charge >= 0.3 is 0 Å². The highest BCUT2D eigenvalue weighted by Gasteiger charge is 2.37. The van der Waals surface area contributed by atoms with Crippen LogP contribution in [0.4, 0.5) is 13.2 Å². The Balaban J connectivity index is 1.45. The number of benzene rings is 1. The van der Waals surface area contributed by atoms with Crippen LogP contribution >= 0.6 is 0 Å². The van der Waals surface area contributed by atoms with Crippen molar-refractivity contribution >= 4 is 0 Å². The number of rotatable bonds is 4. The average molecular weight is 391 g/mol. The molecule has 0 amide bonds. The van der Waals surface area contributed by atoms with Crippen molar-refractivity contribution in [1.29, 1.82) is 0 Å². The maximum Gasteiger partial charge on any atom is 0.266 e. The summed E-state index contributed by atoms with van der Waals surface area (Å²) >= 11 is 0. The van der Waals surface area contributed by atoms with E-state index in [1.807, 2.05) is 0 Å². The summed E-state index contributed by atoms with van der Waals surface area (Å²) in [4.78, 5) is 0. The Bertz CT molecular complexity index is 719. The van der Waals surface area contributed by atoms with Crippen LogP contribution in [0.3, 0.4) is 0 Å². The van der Waals surface area contributed by atoms with Gasteiger partial charge in [0.25, 0.3) is 6.08 Å². The second-order valence-electron chi connectivity index (χ2n) is 9.56. The lowest BCUT2D eigenvalue weighted by Gasteiger charge is -2.42. The molecule has 3 heteroatoms. The number of allylic oxidation sites excluding steroid dienone is 1. The second-order valence-corrected chi connectivity index (χ2v) is 9.56. The fourth-order valence-electron chi connectivity index (χ4n) is 6.41. The number of halogens is 3. The molecule has 3 aliphatic carbocycles. The van der Waals surface area contributed by atoms with E-state index in [1.165, 1.54) is 18.4 Å². The molecular formula is C25H33F3. The number of fused-ring (bicyclic) bond motifs is 2. The highest BCUT2D eigenvalue weighted by Crippen LogP contribution is 2.49. The van der Waals surface area contributed by atoms with E-state index in [2.05, 4.69) is 19.1 Å². The maximum absolute atomic E-state index is 15.4. The van der Waals surface area contributed by atoms with Gasteiger partial charge in [-0.1, -0.05) is 31.9 Å². The van der Waals surface area contributed by atoms with Gasteiger partial charge in [0.05, 0.1) is 0 Å². The molecule has 0 aromatic heterocycles. The van der Waals surface area contributed by atoms with Crippen molar-refractivity contribution in [2.24, 2.45) is 23.7 Å². The van der Waals surface area contributed by atoms with Gasteiger partial charge < -0.3 is 0 Å². The lowest BCUT2D eigenvalue weighted by Crippen LogP contribution is -2.30. The van der Waals surface area contributed by atoms with Crippen LogP contribution in [0.1, 0.15) is 87.3 Å². The first-order chi connectivity index (χ1) is 13.5. The van der Waals surface area contributed by atoms with Gasteiger partial charge in [-0.25, -0.2) is 4.39 Å². The van der Waals surface area contributed by atoms with Crippen LogP contribution in [0.25, 0.3) is 0 Å². The Morgan fingerprint density at radius 3 is 2.61 bits per heavy atom. The molecule has 154 valence electrons. The summed E-state index contributed by atoms with van der Waals surface area (Å²) in [5.74, 6) is 2.27. The Morgan fingerprint density at radius 1 is 1.04 bits per heavy atom. The minimum Gasteiger partial charge on any atom is -0.206 e. The molecule has 2 saturated carbocycles. The van der Waals surface area contributed by atoms with E-state index in [4.69, 9.17) is 0 Å². The molecule has 28 heavy (non-hydrogen) atoms. The minimum atomic E-state index is -1.53. The largest absolute Gasteiger partial charge is 0.266 e. The highest BCUT2D eigenvalue weighted by molar-refractivity contribution is 5.38. The van der Waals surface area contributed by atoms with Crippen molar-refractivity contribution in [2.75, 3.05) is 0 Å². The van der Waals surface area contributed by atoms with Gasteiger partial charge in [0.15, 0.2) is 0 Å². The zero-order valence-corrected chi connectivity index (χ0v) is 17.0. The molecule has 1 aromatic carbocycles. The molecule has 0 bridgehead atoms. The quantitative estimate of drug-likeness (QED) is 0.492. The van der Waals surface area contributed by atoms with E-state index >= 15 is 4.39 Å². The van der Waals surface area contributed by atoms with Crippen molar-refractivity contribution in [3.8, 4) is 0 Å². The molecule has 0 nitrogen and oxygen atoms in total. The van der Waals surface area contributed by atoms with Gasteiger partial charge in [-0.15, -0.1) is 0 Å². The van der Waals surface area contributed by atoms with Crippen LogP contribution in [0.15, 0.2) is 24.3 Å². The predicted molar refractivity (Wildman–Crippen MR) is 108 cm³/mol. The summed E-state index contributed by atoms with van der Waals surface area (Å²) in [6.45, 7) is 2.23. The highest BCUT2D eigenvalue weighted by atomic mass is 19.3. The summed E-state index contributed by atoms with van der Waals surface area (Å²) < 4.78 is 40.6. The third-order valence-corrected chi connectivity index (χ3v) is 7.83. The summed E-state index contributed by atoms with van der Waals surface area (Å²) in [5, 5.41) is 0. The molecule has 0 heterocycles. The maximum atomic E-state index is 15.4. The molecule has 0 radical (unpaired) electrons. The normalized spacial score (nSPS) is 32.4. The lowest BCUT2D eigenvalue weighted by molar-refractivity contribution is 0.131. The molecule has 3 aliphatic rings. The monoisotopic (exact) mass is 390 g/mol. The minimum absolute atomic E-state index is 0.0411. The fourth-order valence-corrected chi connectivity index (χ4v) is 6.41. The van der Waals surface area contributed by atoms with E-state index in [9.17, 15) is 8.78 Å². The predicted octanol–water partition coefficient (Wildman–Crippen LogP) is 7.81. The zero-order valence-electron chi connectivity index (χ0n) is 17.0. The van der Waals surface area contributed by atoms with Crippen LogP contribution in [0.2, 0.25) is 0 Å². The molecule has 4 rings (SSSR count). The third kappa shape index (κ3) is 4.19. The van der Waals surface area contributed by atoms with Crippen molar-refractivity contribution in [3.05, 3.63) is 46.8 Å². The van der Waals surface area contributed by atoms with E-state index in [0.717, 1.165) is 80.9 Å². The molecular weight excluding hydrogens is 357 g/mol.